The van der Waals surface area contributed by atoms with E-state index in [1.165, 1.54) is 24.0 Å². The topological polar surface area (TPSA) is 62.2 Å². The normalized spacial score (nSPS) is 35.6. The Bertz CT molecular complexity index is 1090. The molecule has 0 radical (unpaired) electrons. The average molecular weight is 462 g/mol. The zero-order chi connectivity index (χ0) is 22.9. The van der Waals surface area contributed by atoms with Gasteiger partial charge in [-0.15, -0.1) is 0 Å². The van der Waals surface area contributed by atoms with E-state index in [1.807, 2.05) is 0 Å². The molecule has 5 aliphatic rings. The van der Waals surface area contributed by atoms with E-state index in [4.69, 9.17) is 9.47 Å². The van der Waals surface area contributed by atoms with Gasteiger partial charge in [-0.1, -0.05) is 36.4 Å². The lowest BCUT2D eigenvalue weighted by Gasteiger charge is -2.65. The van der Waals surface area contributed by atoms with E-state index in [1.54, 1.807) is 6.07 Å². The van der Waals surface area contributed by atoms with E-state index >= 15 is 0 Å². The van der Waals surface area contributed by atoms with Crippen LogP contribution in [0.15, 0.2) is 42.5 Å². The number of phenols is 1. The molecule has 2 unspecified atom stereocenters. The summed E-state index contributed by atoms with van der Waals surface area (Å²) in [5, 5.41) is 21.9. The summed E-state index contributed by atoms with van der Waals surface area (Å²) >= 11 is 0. The molecule has 3 aliphatic carbocycles. The fraction of sp³-hybridized carbons (Fsp3) is 0.586. The third kappa shape index (κ3) is 2.90. The quantitative estimate of drug-likeness (QED) is 0.611. The monoisotopic (exact) mass is 461 g/mol. The van der Waals surface area contributed by atoms with Crippen LogP contribution in [0.5, 0.6) is 11.5 Å². The predicted molar refractivity (Wildman–Crippen MR) is 129 cm³/mol. The van der Waals surface area contributed by atoms with Crippen LogP contribution >= 0.6 is 0 Å². The summed E-state index contributed by atoms with van der Waals surface area (Å²) in [5.74, 6) is 1.63. The Morgan fingerprint density at radius 1 is 1.06 bits per heavy atom. The van der Waals surface area contributed by atoms with Crippen LogP contribution in [0.25, 0.3) is 0 Å². The molecule has 1 spiro atoms. The number of rotatable bonds is 7. The second-order valence-corrected chi connectivity index (χ2v) is 11.3. The molecule has 5 nitrogen and oxygen atoms in total. The highest BCUT2D eigenvalue weighted by Gasteiger charge is 2.74. The minimum absolute atomic E-state index is 0.201. The lowest BCUT2D eigenvalue weighted by Crippen LogP contribution is -2.78. The average Bonchev–Trinajstić information content (AvgIpc) is 3.59. The van der Waals surface area contributed by atoms with Crippen LogP contribution < -0.4 is 4.74 Å². The van der Waals surface area contributed by atoms with Gasteiger partial charge in [0.2, 0.25) is 0 Å². The molecule has 5 atom stereocenters. The summed E-state index contributed by atoms with van der Waals surface area (Å²) in [6.45, 7) is 2.87. The third-order valence-electron chi connectivity index (χ3n) is 9.50. The Morgan fingerprint density at radius 2 is 1.91 bits per heavy atom. The van der Waals surface area contributed by atoms with Crippen LogP contribution in [0.2, 0.25) is 0 Å². The van der Waals surface area contributed by atoms with Gasteiger partial charge in [0.1, 0.15) is 6.10 Å². The molecular weight excluding hydrogens is 426 g/mol. The molecule has 0 amide bonds. The van der Waals surface area contributed by atoms with Gasteiger partial charge in [0, 0.05) is 24.8 Å². The first-order valence-electron chi connectivity index (χ1n) is 13.2. The largest absolute Gasteiger partial charge is 0.504 e. The van der Waals surface area contributed by atoms with E-state index in [-0.39, 0.29) is 22.9 Å². The summed E-state index contributed by atoms with van der Waals surface area (Å²) in [7, 11) is 0. The van der Waals surface area contributed by atoms with Crippen molar-refractivity contribution in [3.05, 3.63) is 59.2 Å². The molecule has 2 N–H and O–H groups in total. The first kappa shape index (κ1) is 21.2. The van der Waals surface area contributed by atoms with Gasteiger partial charge >= 0.3 is 0 Å². The molecule has 34 heavy (non-hydrogen) atoms. The molecular formula is C29H35NO4. The number of ether oxygens (including phenoxy) is 2. The van der Waals surface area contributed by atoms with E-state index in [2.05, 4.69) is 41.3 Å². The van der Waals surface area contributed by atoms with Crippen LogP contribution in [0.4, 0.5) is 0 Å². The number of aryl methyl sites for hydroxylation is 1. The van der Waals surface area contributed by atoms with Crippen molar-refractivity contribution in [3.63, 3.8) is 0 Å². The maximum atomic E-state index is 11.2. The summed E-state index contributed by atoms with van der Waals surface area (Å²) in [6.07, 6.45) is 7.18. The first-order chi connectivity index (χ1) is 16.6. The lowest BCUT2D eigenvalue weighted by atomic mass is 9.48. The zero-order valence-electron chi connectivity index (χ0n) is 19.8. The highest BCUT2D eigenvalue weighted by atomic mass is 16.5. The molecule has 2 aliphatic heterocycles. The van der Waals surface area contributed by atoms with Gasteiger partial charge in [-0.25, -0.2) is 0 Å². The Balaban J connectivity index is 1.28. The van der Waals surface area contributed by atoms with Gasteiger partial charge in [0.25, 0.3) is 0 Å². The summed E-state index contributed by atoms with van der Waals surface area (Å²) < 4.78 is 13.6. The minimum atomic E-state index is -0.533. The van der Waals surface area contributed by atoms with Crippen LogP contribution in [0.1, 0.15) is 55.2 Å². The van der Waals surface area contributed by atoms with E-state index in [0.29, 0.717) is 24.8 Å². The van der Waals surface area contributed by atoms with Crippen molar-refractivity contribution in [1.29, 1.82) is 0 Å². The van der Waals surface area contributed by atoms with Crippen LogP contribution in [0, 0.1) is 5.92 Å². The van der Waals surface area contributed by atoms with Gasteiger partial charge in [0.05, 0.1) is 17.1 Å². The van der Waals surface area contributed by atoms with E-state index in [0.717, 1.165) is 56.7 Å². The number of hydrogen-bond acceptors (Lipinski definition) is 5. The Kier molecular flexibility index (Phi) is 4.81. The molecule has 2 aromatic rings. The second kappa shape index (κ2) is 7.71. The number of piperidine rings is 1. The summed E-state index contributed by atoms with van der Waals surface area (Å²) in [6, 6.07) is 14.8. The SMILES string of the molecule is Oc1ccc2c3c1OC1C(O)CC[C@@]4(OCCCc5ccccc5)[C@@H](C2)N(CC2CC2)CC[C@]314. The number of benzene rings is 2. The fourth-order valence-corrected chi connectivity index (χ4v) is 7.90. The summed E-state index contributed by atoms with van der Waals surface area (Å²) in [5.41, 5.74) is 3.00. The molecule has 2 bridgehead atoms. The third-order valence-corrected chi connectivity index (χ3v) is 9.50. The number of nitrogens with zero attached hydrogens (tertiary/aromatic N) is 1. The van der Waals surface area contributed by atoms with E-state index < -0.39 is 6.10 Å². The van der Waals surface area contributed by atoms with Crippen molar-refractivity contribution in [2.45, 2.75) is 80.6 Å². The lowest BCUT2D eigenvalue weighted by molar-refractivity contribution is -0.233. The first-order valence-corrected chi connectivity index (χ1v) is 13.2. The number of aliphatic hydroxyl groups is 1. The number of aliphatic hydroxyl groups excluding tert-OH is 1. The molecule has 7 rings (SSSR count). The van der Waals surface area contributed by atoms with Gasteiger partial charge in [0.15, 0.2) is 11.5 Å². The van der Waals surface area contributed by atoms with Gasteiger partial charge in [-0.05, 0) is 81.0 Å². The van der Waals surface area contributed by atoms with Crippen LogP contribution in [0.3, 0.4) is 0 Å². The number of hydrogen-bond donors (Lipinski definition) is 2. The van der Waals surface area contributed by atoms with Gasteiger partial charge in [-0.2, -0.15) is 0 Å². The van der Waals surface area contributed by atoms with Crippen molar-refractivity contribution in [1.82, 2.24) is 4.90 Å². The molecule has 1 saturated heterocycles. The molecule has 2 saturated carbocycles. The molecule has 2 heterocycles. The van der Waals surface area contributed by atoms with Crippen LogP contribution in [-0.2, 0) is 23.0 Å². The second-order valence-electron chi connectivity index (χ2n) is 11.3. The smallest absolute Gasteiger partial charge is 0.165 e. The van der Waals surface area contributed by atoms with E-state index in [9.17, 15) is 10.2 Å². The van der Waals surface area contributed by atoms with Crippen molar-refractivity contribution < 1.29 is 19.7 Å². The minimum Gasteiger partial charge on any atom is -0.504 e. The van der Waals surface area contributed by atoms with Gasteiger partial charge in [-0.3, -0.25) is 4.90 Å². The van der Waals surface area contributed by atoms with Crippen molar-refractivity contribution >= 4 is 0 Å². The Labute approximate surface area is 201 Å². The molecule has 180 valence electrons. The van der Waals surface area contributed by atoms with Crippen molar-refractivity contribution in [2.24, 2.45) is 5.92 Å². The Morgan fingerprint density at radius 3 is 2.74 bits per heavy atom. The Hall–Kier alpha value is -2.08. The maximum absolute atomic E-state index is 11.2. The molecule has 3 fully saturated rings. The number of aromatic hydroxyl groups is 1. The van der Waals surface area contributed by atoms with Crippen LogP contribution in [-0.4, -0.2) is 58.7 Å². The highest BCUT2D eigenvalue weighted by molar-refractivity contribution is 5.62. The molecule has 5 heteroatoms. The molecule has 0 aromatic heterocycles. The summed E-state index contributed by atoms with van der Waals surface area (Å²) in [4.78, 5) is 2.71. The highest BCUT2D eigenvalue weighted by Crippen LogP contribution is 2.66. The molecule has 2 aromatic carbocycles. The fourth-order valence-electron chi connectivity index (χ4n) is 7.90. The van der Waals surface area contributed by atoms with Crippen molar-refractivity contribution in [2.75, 3.05) is 19.7 Å². The number of phenolic OH excluding ortho intramolecular Hbond substituents is 1. The van der Waals surface area contributed by atoms with Crippen molar-refractivity contribution in [3.8, 4) is 11.5 Å². The zero-order valence-corrected chi connectivity index (χ0v) is 19.8. The number of likely N-dealkylation sites (tertiary alicyclic amines) is 1. The van der Waals surface area contributed by atoms with Gasteiger partial charge < -0.3 is 19.7 Å². The maximum Gasteiger partial charge on any atom is 0.165 e. The standard InChI is InChI=1S/C29H35NO4/c31-22-11-10-21-17-24-29(33-16-4-7-19-5-2-1-3-6-19)13-12-23(32)27-28(29,25(21)26(22)34-27)14-15-30(24)18-20-8-9-20/h1-3,5-6,10-11,20,23-24,27,31-32H,4,7-9,12-18H2/t23?,24-,27?,28+,29-/m1/s1. The predicted octanol–water partition coefficient (Wildman–Crippen LogP) is 3.97.